The highest BCUT2D eigenvalue weighted by Crippen LogP contribution is 2.21. The number of carbonyl (C=O) groups excluding carboxylic acids is 1. The molecule has 4 nitrogen and oxygen atoms in total. The van der Waals surface area contributed by atoms with Gasteiger partial charge in [0.15, 0.2) is 0 Å². The van der Waals surface area contributed by atoms with Crippen LogP contribution in [0.3, 0.4) is 0 Å². The summed E-state index contributed by atoms with van der Waals surface area (Å²) in [5.74, 6) is 1.26. The molecule has 0 unspecified atom stereocenters. The van der Waals surface area contributed by atoms with E-state index in [4.69, 9.17) is 16.3 Å². The van der Waals surface area contributed by atoms with Crippen LogP contribution in [0.2, 0.25) is 5.02 Å². The quantitative estimate of drug-likeness (QED) is 0.662. The Morgan fingerprint density at radius 2 is 1.76 bits per heavy atom. The van der Waals surface area contributed by atoms with Gasteiger partial charge in [-0.2, -0.15) is 0 Å². The van der Waals surface area contributed by atoms with E-state index in [0.29, 0.717) is 28.6 Å². The van der Waals surface area contributed by atoms with Crippen molar-refractivity contribution in [3.05, 3.63) is 89.2 Å². The van der Waals surface area contributed by atoms with Gasteiger partial charge in [-0.25, -0.2) is 0 Å². The van der Waals surface area contributed by atoms with Crippen molar-refractivity contribution >= 4 is 17.5 Å². The predicted molar refractivity (Wildman–Crippen MR) is 98.0 cm³/mol. The number of nitrogens with zero attached hydrogens (tertiary/aromatic N) is 2. The summed E-state index contributed by atoms with van der Waals surface area (Å²) in [7, 11) is 1.77. The summed E-state index contributed by atoms with van der Waals surface area (Å²) >= 11 is 5.88. The lowest BCUT2D eigenvalue weighted by Gasteiger charge is -2.17. The monoisotopic (exact) mass is 352 g/mol. The van der Waals surface area contributed by atoms with Crippen LogP contribution in [0.25, 0.3) is 0 Å². The lowest BCUT2D eigenvalue weighted by Crippen LogP contribution is -2.26. The molecule has 0 atom stereocenters. The van der Waals surface area contributed by atoms with Gasteiger partial charge < -0.3 is 9.64 Å². The molecule has 0 bridgehead atoms. The number of hydrogen-bond acceptors (Lipinski definition) is 3. The van der Waals surface area contributed by atoms with Gasteiger partial charge in [-0.3, -0.25) is 9.78 Å². The average Bonchev–Trinajstić information content (AvgIpc) is 2.64. The van der Waals surface area contributed by atoms with E-state index in [-0.39, 0.29) is 5.91 Å². The third-order valence-electron chi connectivity index (χ3n) is 3.65. The molecule has 0 saturated carbocycles. The van der Waals surface area contributed by atoms with Crippen LogP contribution >= 0.6 is 11.6 Å². The highest BCUT2D eigenvalue weighted by molar-refractivity contribution is 6.30. The number of rotatable bonds is 5. The van der Waals surface area contributed by atoms with Crippen LogP contribution in [0.15, 0.2) is 73.1 Å². The van der Waals surface area contributed by atoms with Gasteiger partial charge in [0.25, 0.3) is 5.91 Å². The second kappa shape index (κ2) is 7.81. The van der Waals surface area contributed by atoms with E-state index in [1.807, 2.05) is 30.3 Å². The summed E-state index contributed by atoms with van der Waals surface area (Å²) < 4.78 is 5.68. The van der Waals surface area contributed by atoms with E-state index in [1.54, 1.807) is 54.7 Å². The minimum Gasteiger partial charge on any atom is -0.456 e. The van der Waals surface area contributed by atoms with Crippen LogP contribution in [0.1, 0.15) is 15.9 Å². The number of ether oxygens (including phenoxy) is 1. The highest BCUT2D eigenvalue weighted by Gasteiger charge is 2.12. The normalized spacial score (nSPS) is 10.3. The van der Waals surface area contributed by atoms with Crippen LogP contribution in [0.4, 0.5) is 0 Å². The fourth-order valence-electron chi connectivity index (χ4n) is 2.36. The van der Waals surface area contributed by atoms with Gasteiger partial charge in [0, 0.05) is 30.4 Å². The molecule has 0 N–H and O–H groups in total. The highest BCUT2D eigenvalue weighted by atomic mass is 35.5. The van der Waals surface area contributed by atoms with Crippen LogP contribution in [0.5, 0.6) is 11.5 Å². The molecule has 0 aliphatic carbocycles. The number of carbonyl (C=O) groups is 1. The topological polar surface area (TPSA) is 42.4 Å². The molecule has 0 spiro atoms. The maximum atomic E-state index is 12.5. The van der Waals surface area contributed by atoms with E-state index in [1.165, 1.54) is 0 Å². The molecular weight excluding hydrogens is 336 g/mol. The summed E-state index contributed by atoms with van der Waals surface area (Å²) in [6.45, 7) is 0.518. The average molecular weight is 353 g/mol. The number of amides is 1. The fourth-order valence-corrected chi connectivity index (χ4v) is 2.49. The number of hydrogen-bond donors (Lipinski definition) is 0. The van der Waals surface area contributed by atoms with E-state index < -0.39 is 0 Å². The second-order valence-corrected chi connectivity index (χ2v) is 6.04. The van der Waals surface area contributed by atoms with Gasteiger partial charge in [-0.15, -0.1) is 0 Å². The summed E-state index contributed by atoms with van der Waals surface area (Å²) in [5, 5.41) is 0.682. The first-order valence-electron chi connectivity index (χ1n) is 7.80. The van der Waals surface area contributed by atoms with Gasteiger partial charge >= 0.3 is 0 Å². The first-order valence-corrected chi connectivity index (χ1v) is 8.17. The van der Waals surface area contributed by atoms with Crippen molar-refractivity contribution in [3.8, 4) is 11.5 Å². The van der Waals surface area contributed by atoms with Gasteiger partial charge in [-0.1, -0.05) is 23.7 Å². The van der Waals surface area contributed by atoms with Crippen LogP contribution in [-0.4, -0.2) is 22.8 Å². The van der Waals surface area contributed by atoms with Gasteiger partial charge in [0.1, 0.15) is 11.5 Å². The molecule has 0 aliphatic heterocycles. The molecule has 126 valence electrons. The maximum absolute atomic E-state index is 12.5. The zero-order valence-corrected chi connectivity index (χ0v) is 14.5. The van der Waals surface area contributed by atoms with Crippen molar-refractivity contribution in [2.24, 2.45) is 0 Å². The van der Waals surface area contributed by atoms with Gasteiger partial charge in [-0.05, 0) is 54.1 Å². The molecule has 1 aromatic heterocycles. The van der Waals surface area contributed by atoms with Crippen LogP contribution < -0.4 is 4.74 Å². The van der Waals surface area contributed by atoms with Crippen molar-refractivity contribution in [1.82, 2.24) is 9.88 Å². The van der Waals surface area contributed by atoms with Crippen LogP contribution in [-0.2, 0) is 6.54 Å². The molecule has 3 aromatic rings. The lowest BCUT2D eigenvalue weighted by atomic mass is 10.1. The Balaban J connectivity index is 1.64. The molecule has 5 heteroatoms. The Kier molecular flexibility index (Phi) is 5.31. The summed E-state index contributed by atoms with van der Waals surface area (Å²) in [5.41, 5.74) is 1.63. The largest absolute Gasteiger partial charge is 0.456 e. The number of pyridine rings is 1. The van der Waals surface area contributed by atoms with Crippen molar-refractivity contribution in [1.29, 1.82) is 0 Å². The number of benzene rings is 2. The predicted octanol–water partition coefficient (Wildman–Crippen LogP) is 4.80. The molecule has 2 aromatic carbocycles. The Bertz CT molecular complexity index is 834. The fraction of sp³-hybridized carbons (Fsp3) is 0.100. The smallest absolute Gasteiger partial charge is 0.253 e. The Labute approximate surface area is 151 Å². The molecule has 1 heterocycles. The van der Waals surface area contributed by atoms with Crippen molar-refractivity contribution in [2.45, 2.75) is 6.54 Å². The van der Waals surface area contributed by atoms with Crippen molar-refractivity contribution < 1.29 is 9.53 Å². The lowest BCUT2D eigenvalue weighted by molar-refractivity contribution is 0.0785. The number of halogens is 1. The zero-order chi connectivity index (χ0) is 17.6. The molecule has 0 aliphatic rings. The Morgan fingerprint density at radius 1 is 1.04 bits per heavy atom. The van der Waals surface area contributed by atoms with Crippen molar-refractivity contribution in [3.63, 3.8) is 0 Å². The zero-order valence-electron chi connectivity index (χ0n) is 13.7. The maximum Gasteiger partial charge on any atom is 0.253 e. The minimum absolute atomic E-state index is 0.0529. The Morgan fingerprint density at radius 3 is 2.40 bits per heavy atom. The number of aromatic nitrogens is 1. The summed E-state index contributed by atoms with van der Waals surface area (Å²) in [6, 6.07) is 18.2. The van der Waals surface area contributed by atoms with Crippen molar-refractivity contribution in [2.75, 3.05) is 7.05 Å². The molecule has 0 saturated heterocycles. The molecule has 25 heavy (non-hydrogen) atoms. The Hall–Kier alpha value is -2.85. The summed E-state index contributed by atoms with van der Waals surface area (Å²) in [6.07, 6.45) is 3.32. The first-order chi connectivity index (χ1) is 12.1. The first kappa shape index (κ1) is 17.0. The third-order valence-corrected chi connectivity index (χ3v) is 3.90. The second-order valence-electron chi connectivity index (χ2n) is 5.60. The molecule has 0 radical (unpaired) electrons. The standard InChI is InChI=1S/C20H17ClN2O2/c1-23(14-15-4-8-17(21)9-5-15)20(24)16-6-10-18(11-7-16)25-19-3-2-12-22-13-19/h2-13H,14H2,1H3. The van der Waals surface area contributed by atoms with E-state index in [0.717, 1.165) is 5.56 Å². The molecule has 1 amide bonds. The van der Waals surface area contributed by atoms with E-state index in [2.05, 4.69) is 4.98 Å². The van der Waals surface area contributed by atoms with Crippen LogP contribution in [0, 0.1) is 0 Å². The van der Waals surface area contributed by atoms with E-state index >= 15 is 0 Å². The molecule has 0 fully saturated rings. The van der Waals surface area contributed by atoms with Gasteiger partial charge in [0.2, 0.25) is 0 Å². The summed E-state index contributed by atoms with van der Waals surface area (Å²) in [4.78, 5) is 18.2. The third kappa shape index (κ3) is 4.58. The van der Waals surface area contributed by atoms with Gasteiger partial charge in [0.05, 0.1) is 6.20 Å². The van der Waals surface area contributed by atoms with E-state index in [9.17, 15) is 4.79 Å². The molecular formula is C20H17ClN2O2. The molecule has 3 rings (SSSR count). The minimum atomic E-state index is -0.0529. The SMILES string of the molecule is CN(Cc1ccc(Cl)cc1)C(=O)c1ccc(Oc2cccnc2)cc1.